The smallest absolute Gasteiger partial charge is 0.269 e. The standard InChI is InChI=1S/C18H12Cl2N2O2S2/c1-9(23)10-2-5-12(6-3-10)21-18(25)22-17(24)16-15(20)13-7-4-11(19)8-14(13)26-16/h2-8H,1H3,(H2,21,22,24,25). The molecule has 0 atom stereocenters. The van der Waals surface area contributed by atoms with E-state index in [1.54, 1.807) is 42.5 Å². The minimum atomic E-state index is -0.398. The summed E-state index contributed by atoms with van der Waals surface area (Å²) in [5.41, 5.74) is 1.26. The number of carbonyl (C=O) groups is 2. The third-order valence-corrected chi connectivity index (χ3v) is 5.67. The molecule has 26 heavy (non-hydrogen) atoms. The average Bonchev–Trinajstić information content (AvgIpc) is 2.91. The largest absolute Gasteiger partial charge is 0.332 e. The number of ketones is 1. The zero-order chi connectivity index (χ0) is 18.8. The summed E-state index contributed by atoms with van der Waals surface area (Å²) in [7, 11) is 0. The van der Waals surface area contributed by atoms with Gasteiger partial charge < -0.3 is 5.32 Å². The highest BCUT2D eigenvalue weighted by Crippen LogP contribution is 2.36. The molecule has 0 aliphatic carbocycles. The average molecular weight is 423 g/mol. The lowest BCUT2D eigenvalue weighted by Gasteiger charge is -2.09. The van der Waals surface area contributed by atoms with Crippen LogP contribution in [0.1, 0.15) is 27.0 Å². The monoisotopic (exact) mass is 422 g/mol. The van der Waals surface area contributed by atoms with E-state index < -0.39 is 5.91 Å². The van der Waals surface area contributed by atoms with Gasteiger partial charge in [0.1, 0.15) is 4.88 Å². The number of hydrogen-bond donors (Lipinski definition) is 2. The van der Waals surface area contributed by atoms with Gasteiger partial charge in [-0.05, 0) is 55.5 Å². The van der Waals surface area contributed by atoms with Gasteiger partial charge in [-0.3, -0.25) is 14.9 Å². The van der Waals surface area contributed by atoms with E-state index in [2.05, 4.69) is 10.6 Å². The van der Waals surface area contributed by atoms with E-state index in [4.69, 9.17) is 35.4 Å². The molecule has 1 aromatic heterocycles. The molecule has 2 aromatic carbocycles. The molecule has 1 heterocycles. The van der Waals surface area contributed by atoms with E-state index in [0.717, 1.165) is 10.1 Å². The predicted molar refractivity (Wildman–Crippen MR) is 112 cm³/mol. The number of nitrogens with one attached hydrogen (secondary N) is 2. The van der Waals surface area contributed by atoms with Crippen LogP contribution in [0, 0.1) is 0 Å². The number of anilines is 1. The Labute approximate surface area is 169 Å². The molecule has 0 unspecified atom stereocenters. The highest BCUT2D eigenvalue weighted by Gasteiger charge is 2.18. The number of fused-ring (bicyclic) bond motifs is 1. The maximum Gasteiger partial charge on any atom is 0.269 e. The fraction of sp³-hybridized carbons (Fsp3) is 0.0556. The molecule has 2 N–H and O–H groups in total. The van der Waals surface area contributed by atoms with Gasteiger partial charge in [0, 0.05) is 26.4 Å². The summed E-state index contributed by atoms with van der Waals surface area (Å²) in [4.78, 5) is 24.1. The molecule has 0 aliphatic heterocycles. The van der Waals surface area contributed by atoms with E-state index in [1.165, 1.54) is 18.3 Å². The first-order valence-electron chi connectivity index (χ1n) is 7.46. The summed E-state index contributed by atoms with van der Waals surface area (Å²) in [5.74, 6) is -0.419. The Morgan fingerprint density at radius 3 is 2.42 bits per heavy atom. The molecule has 4 nitrogen and oxygen atoms in total. The Bertz CT molecular complexity index is 1030. The Kier molecular flexibility index (Phi) is 5.58. The molecule has 0 saturated heterocycles. The number of benzene rings is 2. The minimum Gasteiger partial charge on any atom is -0.332 e. The first-order valence-corrected chi connectivity index (χ1v) is 9.44. The highest BCUT2D eigenvalue weighted by molar-refractivity contribution is 7.80. The molecular weight excluding hydrogens is 411 g/mol. The number of thiophene rings is 1. The molecule has 3 rings (SSSR count). The molecular formula is C18H12Cl2N2O2S2. The molecule has 0 radical (unpaired) electrons. The van der Waals surface area contributed by atoms with Crippen molar-refractivity contribution in [3.05, 3.63) is 63.0 Å². The molecule has 132 valence electrons. The number of hydrogen-bond acceptors (Lipinski definition) is 4. The molecule has 8 heteroatoms. The third-order valence-electron chi connectivity index (χ3n) is 3.57. The number of rotatable bonds is 3. The highest BCUT2D eigenvalue weighted by atomic mass is 35.5. The van der Waals surface area contributed by atoms with Crippen molar-refractivity contribution in [3.8, 4) is 0 Å². The summed E-state index contributed by atoms with van der Waals surface area (Å²) in [6.45, 7) is 1.50. The van der Waals surface area contributed by atoms with Gasteiger partial charge in [0.05, 0.1) is 5.02 Å². The lowest BCUT2D eigenvalue weighted by atomic mass is 10.1. The zero-order valence-corrected chi connectivity index (χ0v) is 16.6. The summed E-state index contributed by atoms with van der Waals surface area (Å²) in [5, 5.41) is 7.36. The summed E-state index contributed by atoms with van der Waals surface area (Å²) >= 11 is 18.7. The molecule has 1 amide bonds. The van der Waals surface area contributed by atoms with Gasteiger partial charge >= 0.3 is 0 Å². The van der Waals surface area contributed by atoms with Crippen LogP contribution in [0.4, 0.5) is 5.69 Å². The molecule has 3 aromatic rings. The topological polar surface area (TPSA) is 58.2 Å². The van der Waals surface area contributed by atoms with E-state index in [9.17, 15) is 9.59 Å². The fourth-order valence-corrected chi connectivity index (χ4v) is 4.19. The number of Topliss-reactive ketones (excluding diaryl/α,β-unsaturated/α-hetero) is 1. The number of amides is 1. The lowest BCUT2D eigenvalue weighted by molar-refractivity contribution is 0.0980. The fourth-order valence-electron chi connectivity index (χ4n) is 2.30. The second-order valence-electron chi connectivity index (χ2n) is 5.43. The van der Waals surface area contributed by atoms with Gasteiger partial charge in [-0.1, -0.05) is 29.3 Å². The van der Waals surface area contributed by atoms with E-state index in [-0.39, 0.29) is 10.9 Å². The Balaban J connectivity index is 1.72. The Hall–Kier alpha value is -1.99. The Morgan fingerprint density at radius 2 is 1.77 bits per heavy atom. The maximum atomic E-state index is 12.5. The number of carbonyl (C=O) groups excluding carboxylic acids is 2. The van der Waals surface area contributed by atoms with Gasteiger partial charge in [-0.2, -0.15) is 0 Å². The van der Waals surface area contributed by atoms with Gasteiger partial charge in [-0.15, -0.1) is 11.3 Å². The van der Waals surface area contributed by atoms with Crippen LogP contribution in [0.5, 0.6) is 0 Å². The maximum absolute atomic E-state index is 12.5. The van der Waals surface area contributed by atoms with E-state index in [1.807, 2.05) is 0 Å². The quantitative estimate of drug-likeness (QED) is 0.429. The summed E-state index contributed by atoms with van der Waals surface area (Å²) in [6, 6.07) is 12.1. The SMILES string of the molecule is CC(=O)c1ccc(NC(=S)NC(=O)c2sc3cc(Cl)ccc3c2Cl)cc1. The molecule has 0 aliphatic rings. The van der Waals surface area contributed by atoms with Crippen LogP contribution in [0.15, 0.2) is 42.5 Å². The van der Waals surface area contributed by atoms with Crippen LogP contribution < -0.4 is 10.6 Å². The van der Waals surface area contributed by atoms with Crippen molar-refractivity contribution in [2.45, 2.75) is 6.92 Å². The van der Waals surface area contributed by atoms with Crippen LogP contribution >= 0.6 is 46.8 Å². The first kappa shape index (κ1) is 18.8. The summed E-state index contributed by atoms with van der Waals surface area (Å²) in [6.07, 6.45) is 0. The van der Waals surface area contributed by atoms with Crippen molar-refractivity contribution in [2.24, 2.45) is 0 Å². The van der Waals surface area contributed by atoms with Gasteiger partial charge in [-0.25, -0.2) is 0 Å². The van der Waals surface area contributed by atoms with Crippen molar-refractivity contribution < 1.29 is 9.59 Å². The van der Waals surface area contributed by atoms with Gasteiger partial charge in [0.25, 0.3) is 5.91 Å². The van der Waals surface area contributed by atoms with Crippen LogP contribution in [0.2, 0.25) is 10.0 Å². The van der Waals surface area contributed by atoms with Gasteiger partial charge in [0.2, 0.25) is 0 Å². The molecule has 0 bridgehead atoms. The van der Waals surface area contributed by atoms with Crippen molar-refractivity contribution in [1.82, 2.24) is 5.32 Å². The summed E-state index contributed by atoms with van der Waals surface area (Å²) < 4.78 is 0.825. The van der Waals surface area contributed by atoms with Crippen molar-refractivity contribution in [1.29, 1.82) is 0 Å². The van der Waals surface area contributed by atoms with Crippen molar-refractivity contribution >= 4 is 79.3 Å². The normalized spacial score (nSPS) is 10.6. The van der Waals surface area contributed by atoms with Crippen LogP contribution in [0.3, 0.4) is 0 Å². The molecule has 0 spiro atoms. The Morgan fingerprint density at radius 1 is 1.08 bits per heavy atom. The van der Waals surface area contributed by atoms with E-state index in [0.29, 0.717) is 26.2 Å². The lowest BCUT2D eigenvalue weighted by Crippen LogP contribution is -2.33. The van der Waals surface area contributed by atoms with Crippen molar-refractivity contribution in [2.75, 3.05) is 5.32 Å². The van der Waals surface area contributed by atoms with Crippen LogP contribution in [0.25, 0.3) is 10.1 Å². The number of halogens is 2. The second-order valence-corrected chi connectivity index (χ2v) is 7.70. The molecule has 0 fully saturated rings. The predicted octanol–water partition coefficient (Wildman–Crippen LogP) is 5.54. The minimum absolute atomic E-state index is 0.0214. The van der Waals surface area contributed by atoms with E-state index >= 15 is 0 Å². The molecule has 0 saturated carbocycles. The number of thiocarbonyl (C=S) groups is 1. The van der Waals surface area contributed by atoms with Crippen LogP contribution in [-0.4, -0.2) is 16.8 Å². The second kappa shape index (κ2) is 7.72. The third kappa shape index (κ3) is 4.04. The van der Waals surface area contributed by atoms with Crippen molar-refractivity contribution in [3.63, 3.8) is 0 Å². The first-order chi connectivity index (χ1) is 12.3. The van der Waals surface area contributed by atoms with Gasteiger partial charge in [0.15, 0.2) is 10.9 Å². The zero-order valence-electron chi connectivity index (χ0n) is 13.4. The van der Waals surface area contributed by atoms with Crippen LogP contribution in [-0.2, 0) is 0 Å².